The van der Waals surface area contributed by atoms with Crippen LogP contribution in [-0.2, 0) is 16.2 Å². The molecule has 120 valence electrons. The van der Waals surface area contributed by atoms with Crippen molar-refractivity contribution in [3.05, 3.63) is 29.8 Å². The molecule has 1 atom stereocenters. The maximum Gasteiger partial charge on any atom is 0.416 e. The summed E-state index contributed by atoms with van der Waals surface area (Å²) in [6, 6.07) is 3.37. The van der Waals surface area contributed by atoms with E-state index in [2.05, 4.69) is 5.32 Å². The van der Waals surface area contributed by atoms with E-state index in [0.717, 1.165) is 24.3 Å². The highest BCUT2D eigenvalue weighted by Crippen LogP contribution is 2.30. The highest BCUT2D eigenvalue weighted by atomic mass is 35.5. The number of benzene rings is 1. The molecule has 1 aliphatic rings. The van der Waals surface area contributed by atoms with Gasteiger partial charge in [0.2, 0.25) is 10.0 Å². The summed E-state index contributed by atoms with van der Waals surface area (Å²) < 4.78 is 63.5. The second-order valence-corrected chi connectivity index (χ2v) is 6.58. The Bertz CT molecular complexity index is 575. The molecule has 1 saturated heterocycles. The standard InChI is InChI=1S/C12H15F3N2O2S.ClH/c1-9-8-16-6-7-17(9)20(18,19)11-4-2-10(3-5-11)12(13,14)15;/h2-5,9,16H,6-8H2,1H3;1H/t9-;/m1./s1. The molecule has 0 bridgehead atoms. The number of rotatable bonds is 2. The van der Waals surface area contributed by atoms with Gasteiger partial charge in [-0.05, 0) is 31.2 Å². The molecule has 1 aromatic rings. The minimum atomic E-state index is -4.47. The molecule has 0 saturated carbocycles. The Labute approximate surface area is 127 Å². The van der Waals surface area contributed by atoms with Crippen molar-refractivity contribution in [1.29, 1.82) is 0 Å². The first kappa shape index (κ1) is 18.2. The average molecular weight is 345 g/mol. The molecule has 0 radical (unpaired) electrons. The van der Waals surface area contributed by atoms with Crippen LogP contribution in [0.1, 0.15) is 12.5 Å². The molecule has 1 aromatic carbocycles. The van der Waals surface area contributed by atoms with Crippen molar-refractivity contribution in [3.8, 4) is 0 Å². The lowest BCUT2D eigenvalue weighted by Gasteiger charge is -2.32. The van der Waals surface area contributed by atoms with Gasteiger partial charge in [0.1, 0.15) is 0 Å². The molecule has 4 nitrogen and oxygen atoms in total. The molecule has 1 N–H and O–H groups in total. The van der Waals surface area contributed by atoms with Crippen molar-refractivity contribution in [2.24, 2.45) is 0 Å². The Morgan fingerprint density at radius 3 is 2.29 bits per heavy atom. The zero-order chi connectivity index (χ0) is 15.0. The number of hydrogen-bond acceptors (Lipinski definition) is 3. The molecule has 0 amide bonds. The molecule has 9 heteroatoms. The first-order valence-corrected chi connectivity index (χ1v) is 7.57. The summed E-state index contributed by atoms with van der Waals surface area (Å²) >= 11 is 0. The second-order valence-electron chi connectivity index (χ2n) is 4.69. The van der Waals surface area contributed by atoms with E-state index in [1.807, 2.05) is 0 Å². The van der Waals surface area contributed by atoms with Gasteiger partial charge in [0, 0.05) is 25.7 Å². The van der Waals surface area contributed by atoms with Crippen LogP contribution in [0, 0.1) is 0 Å². The van der Waals surface area contributed by atoms with Crippen LogP contribution in [0.3, 0.4) is 0 Å². The van der Waals surface area contributed by atoms with E-state index in [1.165, 1.54) is 4.31 Å². The normalized spacial score (nSPS) is 20.9. The molecule has 1 heterocycles. The van der Waals surface area contributed by atoms with E-state index in [-0.39, 0.29) is 23.3 Å². The van der Waals surface area contributed by atoms with Crippen LogP contribution >= 0.6 is 12.4 Å². The predicted octanol–water partition coefficient (Wildman–Crippen LogP) is 2.11. The van der Waals surface area contributed by atoms with Gasteiger partial charge >= 0.3 is 6.18 Å². The minimum Gasteiger partial charge on any atom is -0.314 e. The molecule has 1 fully saturated rings. The van der Waals surface area contributed by atoms with Gasteiger partial charge in [-0.3, -0.25) is 0 Å². The number of nitrogens with one attached hydrogen (secondary N) is 1. The fourth-order valence-corrected chi connectivity index (χ4v) is 3.76. The number of sulfonamides is 1. The van der Waals surface area contributed by atoms with E-state index in [1.54, 1.807) is 6.92 Å². The van der Waals surface area contributed by atoms with Gasteiger partial charge in [-0.15, -0.1) is 12.4 Å². The number of nitrogens with zero attached hydrogens (tertiary/aromatic N) is 1. The third-order valence-corrected chi connectivity index (χ3v) is 5.26. The van der Waals surface area contributed by atoms with Crippen molar-refractivity contribution in [1.82, 2.24) is 9.62 Å². The third kappa shape index (κ3) is 3.88. The lowest BCUT2D eigenvalue weighted by atomic mass is 10.2. The number of halogens is 4. The van der Waals surface area contributed by atoms with Crippen molar-refractivity contribution < 1.29 is 21.6 Å². The summed E-state index contributed by atoms with van der Waals surface area (Å²) in [6.45, 7) is 3.13. The molecule has 1 aliphatic heterocycles. The van der Waals surface area contributed by atoms with Crippen LogP contribution < -0.4 is 5.32 Å². The fourth-order valence-electron chi connectivity index (χ4n) is 2.13. The first-order valence-electron chi connectivity index (χ1n) is 6.13. The molecule has 0 aromatic heterocycles. The van der Waals surface area contributed by atoms with Gasteiger partial charge in [0.25, 0.3) is 0 Å². The van der Waals surface area contributed by atoms with Gasteiger partial charge in [-0.1, -0.05) is 0 Å². The maximum absolute atomic E-state index is 12.5. The zero-order valence-corrected chi connectivity index (χ0v) is 12.9. The van der Waals surface area contributed by atoms with E-state index >= 15 is 0 Å². The Hall–Kier alpha value is -0.830. The van der Waals surface area contributed by atoms with Crippen LogP contribution in [0.25, 0.3) is 0 Å². The van der Waals surface area contributed by atoms with Crippen molar-refractivity contribution in [3.63, 3.8) is 0 Å². The number of hydrogen-bond donors (Lipinski definition) is 1. The van der Waals surface area contributed by atoms with Crippen LogP contribution in [-0.4, -0.2) is 38.4 Å². The Balaban J connectivity index is 0.00000220. The Morgan fingerprint density at radius 2 is 1.81 bits per heavy atom. The smallest absolute Gasteiger partial charge is 0.314 e. The summed E-state index contributed by atoms with van der Waals surface area (Å²) in [5.74, 6) is 0. The summed E-state index contributed by atoms with van der Waals surface area (Å²) in [5, 5.41) is 3.06. The van der Waals surface area contributed by atoms with Gasteiger partial charge in [0.15, 0.2) is 0 Å². The number of alkyl halides is 3. The highest BCUT2D eigenvalue weighted by Gasteiger charge is 2.33. The van der Waals surface area contributed by atoms with Gasteiger partial charge < -0.3 is 5.32 Å². The summed E-state index contributed by atoms with van der Waals surface area (Å²) in [6.07, 6.45) is -4.47. The highest BCUT2D eigenvalue weighted by molar-refractivity contribution is 7.89. The largest absolute Gasteiger partial charge is 0.416 e. The van der Waals surface area contributed by atoms with Gasteiger partial charge in [-0.2, -0.15) is 17.5 Å². The summed E-state index contributed by atoms with van der Waals surface area (Å²) in [7, 11) is -3.75. The molecular formula is C12H16ClF3N2O2S. The SMILES string of the molecule is C[C@@H]1CNCCN1S(=O)(=O)c1ccc(C(F)(F)F)cc1.Cl. The predicted molar refractivity (Wildman–Crippen MR) is 74.9 cm³/mol. The van der Waals surface area contributed by atoms with Crippen molar-refractivity contribution in [2.45, 2.75) is 24.0 Å². The van der Waals surface area contributed by atoms with E-state index in [0.29, 0.717) is 19.6 Å². The molecule has 21 heavy (non-hydrogen) atoms. The Morgan fingerprint density at radius 1 is 1.24 bits per heavy atom. The second kappa shape index (κ2) is 6.51. The van der Waals surface area contributed by atoms with Crippen molar-refractivity contribution >= 4 is 22.4 Å². The van der Waals surface area contributed by atoms with Crippen LogP contribution in [0.2, 0.25) is 0 Å². The average Bonchev–Trinajstić information content (AvgIpc) is 2.38. The quantitative estimate of drug-likeness (QED) is 0.894. The fraction of sp³-hybridized carbons (Fsp3) is 0.500. The molecule has 0 spiro atoms. The van der Waals surface area contributed by atoms with E-state index in [9.17, 15) is 21.6 Å². The van der Waals surface area contributed by atoms with Crippen LogP contribution in [0.4, 0.5) is 13.2 Å². The molecular weight excluding hydrogens is 329 g/mol. The maximum atomic E-state index is 12.5. The third-order valence-electron chi connectivity index (χ3n) is 3.23. The summed E-state index contributed by atoms with van der Waals surface area (Å²) in [5.41, 5.74) is -0.857. The molecule has 2 rings (SSSR count). The van der Waals surface area contributed by atoms with Crippen LogP contribution in [0.15, 0.2) is 29.2 Å². The number of piperazine rings is 1. The zero-order valence-electron chi connectivity index (χ0n) is 11.2. The molecule has 0 aliphatic carbocycles. The monoisotopic (exact) mass is 344 g/mol. The van der Waals surface area contributed by atoms with Crippen molar-refractivity contribution in [2.75, 3.05) is 19.6 Å². The lowest BCUT2D eigenvalue weighted by molar-refractivity contribution is -0.137. The lowest BCUT2D eigenvalue weighted by Crippen LogP contribution is -2.52. The first-order chi connectivity index (χ1) is 9.23. The van der Waals surface area contributed by atoms with Gasteiger partial charge in [-0.25, -0.2) is 8.42 Å². The van der Waals surface area contributed by atoms with Gasteiger partial charge in [0.05, 0.1) is 10.5 Å². The van der Waals surface area contributed by atoms with E-state index in [4.69, 9.17) is 0 Å². The summed E-state index contributed by atoms with van der Waals surface area (Å²) in [4.78, 5) is -0.112. The van der Waals surface area contributed by atoms with E-state index < -0.39 is 21.8 Å². The Kier molecular flexibility index (Phi) is 5.65. The minimum absolute atomic E-state index is 0. The topological polar surface area (TPSA) is 49.4 Å². The van der Waals surface area contributed by atoms with Crippen LogP contribution in [0.5, 0.6) is 0 Å². The molecule has 0 unspecified atom stereocenters.